The highest BCUT2D eigenvalue weighted by molar-refractivity contribution is 6.19. The van der Waals surface area contributed by atoms with E-state index in [1.54, 1.807) is 0 Å². The highest BCUT2D eigenvalue weighted by Gasteiger charge is 2.22. The van der Waals surface area contributed by atoms with Crippen LogP contribution in [0.2, 0.25) is 0 Å². The molecule has 0 amide bonds. The van der Waals surface area contributed by atoms with Gasteiger partial charge in [-0.3, -0.25) is 0 Å². The van der Waals surface area contributed by atoms with Gasteiger partial charge in [-0.2, -0.15) is 0 Å². The van der Waals surface area contributed by atoms with Crippen LogP contribution in [0.25, 0.3) is 0 Å². The van der Waals surface area contributed by atoms with Gasteiger partial charge < -0.3 is 4.79 Å². The van der Waals surface area contributed by atoms with Crippen molar-refractivity contribution in [3.05, 3.63) is 23.9 Å². The zero-order valence-electron chi connectivity index (χ0n) is 7.51. The molecule has 5 heteroatoms. The van der Waals surface area contributed by atoms with Crippen LogP contribution >= 0.6 is 24.8 Å². The molecule has 1 aliphatic carbocycles. The number of aliphatic imine (C=N–C) groups is 2. The maximum atomic E-state index is 10.6. The molecule has 0 aromatic heterocycles. The third-order valence-corrected chi connectivity index (χ3v) is 1.86. The SMILES string of the molecule is CC1=NC2=CC=CC(C=O)C2=N1.Cl.Cl. The number of rotatable bonds is 1. The Kier molecular flexibility index (Phi) is 4.74. The van der Waals surface area contributed by atoms with E-state index in [1.165, 1.54) is 0 Å². The Balaban J connectivity index is 0.000000845. The molecular formula is C9H10Cl2N2O. The van der Waals surface area contributed by atoms with Crippen LogP contribution in [0.15, 0.2) is 33.9 Å². The number of aldehydes is 1. The lowest BCUT2D eigenvalue weighted by Crippen LogP contribution is -2.15. The molecule has 0 aromatic rings. The van der Waals surface area contributed by atoms with Crippen LogP contribution in [-0.4, -0.2) is 17.8 Å². The zero-order chi connectivity index (χ0) is 8.55. The first-order chi connectivity index (χ1) is 5.81. The Morgan fingerprint density at radius 2 is 2.07 bits per heavy atom. The Bertz CT molecular complexity index is 356. The molecule has 0 spiro atoms. The molecule has 1 atom stereocenters. The Morgan fingerprint density at radius 3 is 2.71 bits per heavy atom. The average Bonchev–Trinajstić information content (AvgIpc) is 2.44. The predicted octanol–water partition coefficient (Wildman–Crippen LogP) is 1.97. The number of carbonyl (C=O) groups is 1. The monoisotopic (exact) mass is 232 g/mol. The molecule has 14 heavy (non-hydrogen) atoms. The summed E-state index contributed by atoms with van der Waals surface area (Å²) in [4.78, 5) is 19.0. The van der Waals surface area contributed by atoms with Gasteiger partial charge >= 0.3 is 0 Å². The van der Waals surface area contributed by atoms with E-state index in [0.29, 0.717) is 0 Å². The van der Waals surface area contributed by atoms with E-state index in [2.05, 4.69) is 9.98 Å². The molecule has 76 valence electrons. The molecule has 1 heterocycles. The fourth-order valence-corrected chi connectivity index (χ4v) is 1.32. The normalized spacial score (nSPS) is 22.1. The lowest BCUT2D eigenvalue weighted by molar-refractivity contribution is -0.108. The van der Waals surface area contributed by atoms with E-state index >= 15 is 0 Å². The summed E-state index contributed by atoms with van der Waals surface area (Å²) in [6.45, 7) is 1.83. The van der Waals surface area contributed by atoms with E-state index < -0.39 is 0 Å². The fraction of sp³-hybridized carbons (Fsp3) is 0.222. The first-order valence-corrected chi connectivity index (χ1v) is 3.79. The Morgan fingerprint density at radius 1 is 1.36 bits per heavy atom. The van der Waals surface area contributed by atoms with Crippen LogP contribution < -0.4 is 0 Å². The van der Waals surface area contributed by atoms with Gasteiger partial charge in [-0.15, -0.1) is 24.8 Å². The van der Waals surface area contributed by atoms with E-state index in [1.807, 2.05) is 25.2 Å². The van der Waals surface area contributed by atoms with Crippen molar-refractivity contribution in [1.29, 1.82) is 0 Å². The maximum Gasteiger partial charge on any atom is 0.132 e. The largest absolute Gasteiger partial charge is 0.302 e. The van der Waals surface area contributed by atoms with Crippen LogP contribution in [0.3, 0.4) is 0 Å². The molecule has 0 radical (unpaired) electrons. The third kappa shape index (κ3) is 2.11. The Hall–Kier alpha value is -0.930. The van der Waals surface area contributed by atoms with Crippen molar-refractivity contribution in [3.63, 3.8) is 0 Å². The van der Waals surface area contributed by atoms with Gasteiger partial charge in [0.25, 0.3) is 0 Å². The third-order valence-electron chi connectivity index (χ3n) is 1.86. The molecule has 2 rings (SSSR count). The van der Waals surface area contributed by atoms with Crippen molar-refractivity contribution in [2.45, 2.75) is 6.92 Å². The highest BCUT2D eigenvalue weighted by Crippen LogP contribution is 2.20. The number of amidine groups is 1. The van der Waals surface area contributed by atoms with Crippen LogP contribution in [0, 0.1) is 5.92 Å². The van der Waals surface area contributed by atoms with Gasteiger partial charge in [-0.25, -0.2) is 9.98 Å². The predicted molar refractivity (Wildman–Crippen MR) is 61.8 cm³/mol. The van der Waals surface area contributed by atoms with E-state index in [0.717, 1.165) is 23.5 Å². The number of fused-ring (bicyclic) bond motifs is 1. The molecule has 2 aliphatic rings. The van der Waals surface area contributed by atoms with Crippen molar-refractivity contribution in [2.24, 2.45) is 15.9 Å². The molecule has 1 aliphatic heterocycles. The minimum absolute atomic E-state index is 0. The molecule has 1 unspecified atom stereocenters. The van der Waals surface area contributed by atoms with Crippen molar-refractivity contribution in [3.8, 4) is 0 Å². The molecule has 0 saturated heterocycles. The van der Waals surface area contributed by atoms with Crippen molar-refractivity contribution in [1.82, 2.24) is 0 Å². The number of carbonyl (C=O) groups excluding carboxylic acids is 1. The lowest BCUT2D eigenvalue weighted by Gasteiger charge is -2.08. The summed E-state index contributed by atoms with van der Waals surface area (Å²) in [5, 5.41) is 0. The first kappa shape index (κ1) is 13.1. The van der Waals surface area contributed by atoms with Crippen LogP contribution in [0.4, 0.5) is 0 Å². The summed E-state index contributed by atoms with van der Waals surface area (Å²) in [5.74, 6) is 0.526. The van der Waals surface area contributed by atoms with Gasteiger partial charge in [-0.05, 0) is 13.0 Å². The highest BCUT2D eigenvalue weighted by atomic mass is 35.5. The van der Waals surface area contributed by atoms with Gasteiger partial charge in [0.2, 0.25) is 0 Å². The number of nitrogens with zero attached hydrogens (tertiary/aromatic N) is 2. The van der Waals surface area contributed by atoms with E-state index in [4.69, 9.17) is 0 Å². The van der Waals surface area contributed by atoms with E-state index in [9.17, 15) is 4.79 Å². The second kappa shape index (κ2) is 5.08. The second-order valence-corrected chi connectivity index (χ2v) is 2.75. The topological polar surface area (TPSA) is 41.8 Å². The molecule has 0 fully saturated rings. The fourth-order valence-electron chi connectivity index (χ4n) is 1.32. The molecular weight excluding hydrogens is 223 g/mol. The van der Waals surface area contributed by atoms with Crippen LogP contribution in [0.5, 0.6) is 0 Å². The number of halogens is 2. The van der Waals surface area contributed by atoms with Gasteiger partial charge in [-0.1, -0.05) is 12.2 Å². The maximum absolute atomic E-state index is 10.6. The molecule has 0 N–H and O–H groups in total. The number of allylic oxidation sites excluding steroid dienone is 4. The Labute approximate surface area is 94.5 Å². The summed E-state index contributed by atoms with van der Waals surface area (Å²) in [6.07, 6.45) is 6.42. The van der Waals surface area contributed by atoms with Gasteiger partial charge in [0.05, 0.1) is 17.3 Å². The minimum Gasteiger partial charge on any atom is -0.302 e. The molecule has 3 nitrogen and oxygen atoms in total. The van der Waals surface area contributed by atoms with E-state index in [-0.39, 0.29) is 30.7 Å². The smallest absolute Gasteiger partial charge is 0.132 e. The van der Waals surface area contributed by atoms with Crippen LogP contribution in [-0.2, 0) is 4.79 Å². The van der Waals surface area contributed by atoms with Crippen molar-refractivity contribution < 1.29 is 4.79 Å². The summed E-state index contributed by atoms with van der Waals surface area (Å²) in [6, 6.07) is 0. The second-order valence-electron chi connectivity index (χ2n) is 2.75. The summed E-state index contributed by atoms with van der Waals surface area (Å²) >= 11 is 0. The first-order valence-electron chi connectivity index (χ1n) is 3.79. The lowest BCUT2D eigenvalue weighted by atomic mass is 9.98. The van der Waals surface area contributed by atoms with Crippen molar-refractivity contribution in [2.75, 3.05) is 0 Å². The quantitative estimate of drug-likeness (QED) is 0.638. The van der Waals surface area contributed by atoms with Crippen molar-refractivity contribution >= 4 is 42.6 Å². The standard InChI is InChI=1S/C9H8N2O.2ClH/c1-6-10-8-4-2-3-7(5-12)9(8)11-6;;/h2-5,7H,1H3;2*1H. The van der Waals surface area contributed by atoms with Gasteiger partial charge in [0.15, 0.2) is 0 Å². The average molecular weight is 233 g/mol. The summed E-state index contributed by atoms with van der Waals surface area (Å²) in [5.41, 5.74) is 1.61. The minimum atomic E-state index is -0.203. The molecule has 0 bridgehead atoms. The van der Waals surface area contributed by atoms with Crippen LogP contribution in [0.1, 0.15) is 6.92 Å². The molecule has 0 aromatic carbocycles. The molecule has 0 saturated carbocycles. The van der Waals surface area contributed by atoms with Gasteiger partial charge in [0, 0.05) is 0 Å². The number of hydrogen-bond donors (Lipinski definition) is 0. The summed E-state index contributed by atoms with van der Waals surface area (Å²) in [7, 11) is 0. The number of hydrogen-bond acceptors (Lipinski definition) is 3. The zero-order valence-corrected chi connectivity index (χ0v) is 9.14. The van der Waals surface area contributed by atoms with Gasteiger partial charge in [0.1, 0.15) is 12.1 Å². The summed E-state index contributed by atoms with van der Waals surface area (Å²) < 4.78 is 0.